The molecular formula is C15H13FN2O4S. The molecule has 2 heterocycles. The zero-order chi connectivity index (χ0) is 16.7. The quantitative estimate of drug-likeness (QED) is 0.810. The highest BCUT2D eigenvalue weighted by molar-refractivity contribution is 8.00. The Morgan fingerprint density at radius 2 is 2.00 bits per heavy atom. The number of amides is 2. The first-order valence-electron chi connectivity index (χ1n) is 6.84. The molecule has 0 saturated carbocycles. The predicted octanol–water partition coefficient (Wildman–Crippen LogP) is 1.20. The Balaban J connectivity index is 1.75. The van der Waals surface area contributed by atoms with Crippen molar-refractivity contribution in [2.75, 3.05) is 5.75 Å². The molecule has 1 aromatic rings. The fraction of sp³-hybridized carbons (Fsp3) is 0.267. The Morgan fingerprint density at radius 1 is 1.35 bits per heavy atom. The van der Waals surface area contributed by atoms with Crippen LogP contribution in [0.1, 0.15) is 17.3 Å². The fourth-order valence-corrected chi connectivity index (χ4v) is 3.89. The second kappa shape index (κ2) is 5.69. The number of carbonyl (C=O) groups is 3. The molecular weight excluding hydrogens is 323 g/mol. The van der Waals surface area contributed by atoms with E-state index in [1.54, 1.807) is 6.92 Å². The maximum absolute atomic E-state index is 12.9. The lowest BCUT2D eigenvalue weighted by atomic mass is 10.0. The van der Waals surface area contributed by atoms with E-state index in [4.69, 9.17) is 0 Å². The maximum Gasteiger partial charge on any atom is 0.352 e. The number of thioether (sulfide) groups is 1. The molecule has 1 fully saturated rings. The van der Waals surface area contributed by atoms with E-state index in [1.807, 2.05) is 0 Å². The van der Waals surface area contributed by atoms with Gasteiger partial charge in [-0.3, -0.25) is 14.5 Å². The standard InChI is InChI=1S/C15H13FN2O4S/c1-7-6-23-14-10(13(20)18(14)11(7)15(21)22)17-12(19)8-2-4-9(16)5-3-8/h2-5,10,14H,6H2,1H3,(H,17,19)(H,21,22)/t10-,14+/m1/s1. The van der Waals surface area contributed by atoms with Crippen molar-refractivity contribution < 1.29 is 23.9 Å². The maximum atomic E-state index is 12.9. The van der Waals surface area contributed by atoms with Gasteiger partial charge in [0.25, 0.3) is 11.8 Å². The number of aliphatic carboxylic acids is 1. The smallest absolute Gasteiger partial charge is 0.352 e. The SMILES string of the molecule is CC1=C(C(=O)O)N2C(=O)[C@@H](NC(=O)c3ccc(F)cc3)[C@@H]2SC1. The molecule has 6 nitrogen and oxygen atoms in total. The van der Waals surface area contributed by atoms with Crippen LogP contribution in [0.25, 0.3) is 0 Å². The average molecular weight is 336 g/mol. The number of nitrogens with zero attached hydrogens (tertiary/aromatic N) is 1. The van der Waals surface area contributed by atoms with Crippen LogP contribution in [0, 0.1) is 5.82 Å². The fourth-order valence-electron chi connectivity index (χ4n) is 2.60. The van der Waals surface area contributed by atoms with Crippen molar-refractivity contribution in [2.45, 2.75) is 18.3 Å². The highest BCUT2D eigenvalue weighted by atomic mass is 32.2. The Kier molecular flexibility index (Phi) is 3.85. The van der Waals surface area contributed by atoms with Crippen LogP contribution < -0.4 is 5.32 Å². The summed E-state index contributed by atoms with van der Waals surface area (Å²) in [6, 6.07) is 4.19. The van der Waals surface area contributed by atoms with Crippen LogP contribution in [0.4, 0.5) is 4.39 Å². The van der Waals surface area contributed by atoms with Gasteiger partial charge in [-0.15, -0.1) is 11.8 Å². The van der Waals surface area contributed by atoms with Crippen LogP contribution in [0.3, 0.4) is 0 Å². The first-order chi connectivity index (χ1) is 10.9. The second-order valence-electron chi connectivity index (χ2n) is 5.30. The third kappa shape index (κ3) is 2.59. The molecule has 2 atom stereocenters. The summed E-state index contributed by atoms with van der Waals surface area (Å²) in [6.45, 7) is 1.67. The monoisotopic (exact) mass is 336 g/mol. The van der Waals surface area contributed by atoms with Crippen molar-refractivity contribution in [2.24, 2.45) is 0 Å². The summed E-state index contributed by atoms with van der Waals surface area (Å²) in [5.74, 6) is -2.06. The Bertz CT molecular complexity index is 731. The molecule has 1 aromatic carbocycles. The number of nitrogens with one attached hydrogen (secondary N) is 1. The number of benzene rings is 1. The largest absolute Gasteiger partial charge is 0.477 e. The molecule has 120 valence electrons. The minimum absolute atomic E-state index is 0.00830. The van der Waals surface area contributed by atoms with Gasteiger partial charge in [-0.1, -0.05) is 0 Å². The number of fused-ring (bicyclic) bond motifs is 1. The van der Waals surface area contributed by atoms with Crippen molar-refractivity contribution in [3.63, 3.8) is 0 Å². The van der Waals surface area contributed by atoms with Crippen LogP contribution in [-0.2, 0) is 9.59 Å². The zero-order valence-corrected chi connectivity index (χ0v) is 12.9. The lowest BCUT2D eigenvalue weighted by molar-refractivity contribution is -0.148. The highest BCUT2D eigenvalue weighted by Crippen LogP contribution is 2.40. The number of hydrogen-bond acceptors (Lipinski definition) is 4. The van der Waals surface area contributed by atoms with Crippen LogP contribution in [0.15, 0.2) is 35.5 Å². The number of carboxylic acid groups (broad SMARTS) is 1. The van der Waals surface area contributed by atoms with E-state index in [2.05, 4.69) is 5.32 Å². The minimum atomic E-state index is -1.15. The molecule has 2 amide bonds. The minimum Gasteiger partial charge on any atom is -0.477 e. The number of carboxylic acids is 1. The van der Waals surface area contributed by atoms with Crippen molar-refractivity contribution in [1.29, 1.82) is 0 Å². The van der Waals surface area contributed by atoms with Gasteiger partial charge in [0, 0.05) is 11.3 Å². The summed E-state index contributed by atoms with van der Waals surface area (Å²) in [4.78, 5) is 36.8. The van der Waals surface area contributed by atoms with Gasteiger partial charge in [-0.25, -0.2) is 9.18 Å². The molecule has 1 saturated heterocycles. The molecule has 0 unspecified atom stereocenters. The van der Waals surface area contributed by atoms with Gasteiger partial charge >= 0.3 is 5.97 Å². The van der Waals surface area contributed by atoms with Gasteiger partial charge in [-0.05, 0) is 36.8 Å². The summed E-state index contributed by atoms with van der Waals surface area (Å²) >= 11 is 1.40. The molecule has 0 aliphatic carbocycles. The highest BCUT2D eigenvalue weighted by Gasteiger charge is 2.53. The van der Waals surface area contributed by atoms with Gasteiger partial charge in [0.05, 0.1) is 0 Å². The third-order valence-electron chi connectivity index (χ3n) is 3.75. The van der Waals surface area contributed by atoms with E-state index in [0.717, 1.165) is 12.1 Å². The van der Waals surface area contributed by atoms with Gasteiger partial charge in [0.2, 0.25) is 0 Å². The van der Waals surface area contributed by atoms with E-state index < -0.39 is 35.0 Å². The molecule has 8 heteroatoms. The van der Waals surface area contributed by atoms with E-state index in [0.29, 0.717) is 11.3 Å². The summed E-state index contributed by atoms with van der Waals surface area (Å²) in [5.41, 5.74) is 0.852. The molecule has 2 aliphatic heterocycles. The van der Waals surface area contributed by atoms with Crippen LogP contribution >= 0.6 is 11.8 Å². The molecule has 0 spiro atoms. The van der Waals surface area contributed by atoms with E-state index in [-0.39, 0.29) is 11.3 Å². The van der Waals surface area contributed by atoms with Gasteiger partial charge in [0.15, 0.2) is 0 Å². The summed E-state index contributed by atoms with van der Waals surface area (Å²) in [5, 5.41) is 11.4. The number of halogens is 1. The van der Waals surface area contributed by atoms with E-state index in [1.165, 1.54) is 28.8 Å². The summed E-state index contributed by atoms with van der Waals surface area (Å²) in [7, 11) is 0. The molecule has 0 aromatic heterocycles. The Hall–Kier alpha value is -2.35. The zero-order valence-electron chi connectivity index (χ0n) is 12.1. The van der Waals surface area contributed by atoms with E-state index >= 15 is 0 Å². The van der Waals surface area contributed by atoms with Crippen molar-refractivity contribution in [3.05, 3.63) is 46.9 Å². The summed E-state index contributed by atoms with van der Waals surface area (Å²) in [6.07, 6.45) is 0. The third-order valence-corrected chi connectivity index (χ3v) is 5.18. The molecule has 23 heavy (non-hydrogen) atoms. The average Bonchev–Trinajstić information content (AvgIpc) is 2.52. The van der Waals surface area contributed by atoms with Gasteiger partial charge < -0.3 is 10.4 Å². The van der Waals surface area contributed by atoms with Crippen LogP contribution in [0.2, 0.25) is 0 Å². The van der Waals surface area contributed by atoms with Crippen molar-refractivity contribution in [3.8, 4) is 0 Å². The number of hydrogen-bond donors (Lipinski definition) is 2. The molecule has 0 bridgehead atoms. The lowest BCUT2D eigenvalue weighted by Crippen LogP contribution is -2.70. The first kappa shape index (κ1) is 15.5. The molecule has 2 N–H and O–H groups in total. The lowest BCUT2D eigenvalue weighted by Gasteiger charge is -2.49. The number of rotatable bonds is 3. The predicted molar refractivity (Wildman–Crippen MR) is 81.1 cm³/mol. The van der Waals surface area contributed by atoms with Crippen molar-refractivity contribution >= 4 is 29.5 Å². The molecule has 3 rings (SSSR count). The molecule has 2 aliphatic rings. The topological polar surface area (TPSA) is 86.7 Å². The number of β-lactam (4-membered cyclic amide) rings is 1. The van der Waals surface area contributed by atoms with Gasteiger partial charge in [0.1, 0.15) is 22.9 Å². The summed E-state index contributed by atoms with van der Waals surface area (Å²) < 4.78 is 12.9. The second-order valence-corrected chi connectivity index (χ2v) is 6.41. The Morgan fingerprint density at radius 3 is 2.61 bits per heavy atom. The number of carbonyl (C=O) groups excluding carboxylic acids is 2. The molecule has 0 radical (unpaired) electrons. The van der Waals surface area contributed by atoms with Crippen molar-refractivity contribution in [1.82, 2.24) is 10.2 Å². The van der Waals surface area contributed by atoms with Gasteiger partial charge in [-0.2, -0.15) is 0 Å². The van der Waals surface area contributed by atoms with E-state index in [9.17, 15) is 23.9 Å². The van der Waals surface area contributed by atoms with Crippen LogP contribution in [-0.4, -0.2) is 45.0 Å². The Labute approximate surface area is 135 Å². The van der Waals surface area contributed by atoms with Crippen LogP contribution in [0.5, 0.6) is 0 Å². The first-order valence-corrected chi connectivity index (χ1v) is 7.89. The normalized spacial score (nSPS) is 23.2.